The molecule has 1 heterocycles. The summed E-state index contributed by atoms with van der Waals surface area (Å²) in [5, 5.41) is -0.0392. The molecule has 1 aromatic heterocycles. The summed E-state index contributed by atoms with van der Waals surface area (Å²) < 4.78 is 24.2. The predicted molar refractivity (Wildman–Crippen MR) is 76.9 cm³/mol. The van der Waals surface area contributed by atoms with Crippen LogP contribution in [0.3, 0.4) is 0 Å². The van der Waals surface area contributed by atoms with Gasteiger partial charge in [0.2, 0.25) is 11.7 Å². The number of carbonyl (C=O) groups excluding carboxylic acids is 1. The molecule has 4 nitrogen and oxygen atoms in total. The van der Waals surface area contributed by atoms with Crippen LogP contribution in [0.15, 0.2) is 22.6 Å². The van der Waals surface area contributed by atoms with Crippen LogP contribution in [0.5, 0.6) is 0 Å². The zero-order valence-corrected chi connectivity index (χ0v) is 12.9. The number of halogens is 2. The second kappa shape index (κ2) is 5.48. The van der Waals surface area contributed by atoms with Gasteiger partial charge in [0.05, 0.1) is 17.7 Å². The van der Waals surface area contributed by atoms with Crippen molar-refractivity contribution in [3.05, 3.63) is 40.5 Å². The monoisotopic (exact) mass is 311 g/mol. The highest BCUT2D eigenvalue weighted by atomic mass is 35.5. The number of benzene rings is 1. The van der Waals surface area contributed by atoms with Crippen LogP contribution in [0.4, 0.5) is 4.39 Å². The first-order chi connectivity index (χ1) is 9.75. The molecule has 1 aromatic carbocycles. The van der Waals surface area contributed by atoms with Gasteiger partial charge in [-0.1, -0.05) is 38.4 Å². The molecule has 0 fully saturated rings. The Hall–Kier alpha value is -1.88. The van der Waals surface area contributed by atoms with Crippen molar-refractivity contribution in [3.8, 4) is 11.5 Å². The molecule has 112 valence electrons. The van der Waals surface area contributed by atoms with Crippen LogP contribution in [-0.4, -0.2) is 18.1 Å². The fourth-order valence-corrected chi connectivity index (χ4v) is 2.02. The third kappa shape index (κ3) is 2.93. The SMILES string of the molecule is COC(=O)c1oc(-c2cccc(Cl)c2F)nc1C(C)(C)C. The van der Waals surface area contributed by atoms with E-state index in [0.29, 0.717) is 5.69 Å². The van der Waals surface area contributed by atoms with Crippen molar-refractivity contribution < 1.29 is 18.3 Å². The van der Waals surface area contributed by atoms with E-state index >= 15 is 0 Å². The fraction of sp³-hybridized carbons (Fsp3) is 0.333. The van der Waals surface area contributed by atoms with Gasteiger partial charge in [-0.15, -0.1) is 0 Å². The van der Waals surface area contributed by atoms with Crippen molar-refractivity contribution in [3.63, 3.8) is 0 Å². The molecular formula is C15H15ClFNO3. The first kappa shape index (κ1) is 15.5. The van der Waals surface area contributed by atoms with Crippen molar-refractivity contribution >= 4 is 17.6 Å². The van der Waals surface area contributed by atoms with Gasteiger partial charge in [-0.25, -0.2) is 14.2 Å². The number of hydrogen-bond acceptors (Lipinski definition) is 4. The number of esters is 1. The summed E-state index contributed by atoms with van der Waals surface area (Å²) in [6.45, 7) is 5.61. The van der Waals surface area contributed by atoms with E-state index in [2.05, 4.69) is 9.72 Å². The van der Waals surface area contributed by atoms with Gasteiger partial charge in [-0.2, -0.15) is 0 Å². The summed E-state index contributed by atoms with van der Waals surface area (Å²) in [4.78, 5) is 16.1. The summed E-state index contributed by atoms with van der Waals surface area (Å²) in [6.07, 6.45) is 0. The molecule has 0 saturated heterocycles. The zero-order chi connectivity index (χ0) is 15.8. The molecule has 0 amide bonds. The van der Waals surface area contributed by atoms with E-state index < -0.39 is 17.2 Å². The molecule has 0 bridgehead atoms. The van der Waals surface area contributed by atoms with Crippen molar-refractivity contribution in [1.29, 1.82) is 0 Å². The minimum atomic E-state index is -0.652. The second-order valence-corrected chi connectivity index (χ2v) is 5.95. The van der Waals surface area contributed by atoms with Gasteiger partial charge in [-0.05, 0) is 12.1 Å². The number of methoxy groups -OCH3 is 1. The van der Waals surface area contributed by atoms with E-state index in [9.17, 15) is 9.18 Å². The normalized spacial score (nSPS) is 11.5. The van der Waals surface area contributed by atoms with Gasteiger partial charge in [0.25, 0.3) is 0 Å². The average Bonchev–Trinajstić information content (AvgIpc) is 2.86. The molecule has 0 aliphatic heterocycles. The molecular weight excluding hydrogens is 297 g/mol. The lowest BCUT2D eigenvalue weighted by Gasteiger charge is -2.15. The van der Waals surface area contributed by atoms with E-state index in [1.165, 1.54) is 19.2 Å². The predicted octanol–water partition coefficient (Wildman–Crippen LogP) is 4.22. The maximum Gasteiger partial charge on any atom is 0.376 e. The third-order valence-electron chi connectivity index (χ3n) is 2.89. The van der Waals surface area contributed by atoms with Crippen LogP contribution in [0.1, 0.15) is 37.0 Å². The topological polar surface area (TPSA) is 52.3 Å². The molecule has 0 unspecified atom stereocenters. The van der Waals surface area contributed by atoms with Crippen LogP contribution in [0, 0.1) is 5.82 Å². The lowest BCUT2D eigenvalue weighted by molar-refractivity contribution is 0.0562. The zero-order valence-electron chi connectivity index (χ0n) is 12.2. The summed E-state index contributed by atoms with van der Waals surface area (Å²) in [7, 11) is 1.25. The van der Waals surface area contributed by atoms with Gasteiger partial charge < -0.3 is 9.15 Å². The Morgan fingerprint density at radius 1 is 1.38 bits per heavy atom. The molecule has 0 aliphatic rings. The fourth-order valence-electron chi connectivity index (χ4n) is 1.84. The van der Waals surface area contributed by atoms with Crippen molar-refractivity contribution in [2.24, 2.45) is 0 Å². The lowest BCUT2D eigenvalue weighted by Crippen LogP contribution is -2.17. The van der Waals surface area contributed by atoms with E-state index in [1.807, 2.05) is 20.8 Å². The number of rotatable bonds is 2. The van der Waals surface area contributed by atoms with Crippen LogP contribution < -0.4 is 0 Å². The van der Waals surface area contributed by atoms with Gasteiger partial charge in [-0.3, -0.25) is 0 Å². The van der Waals surface area contributed by atoms with Crippen molar-refractivity contribution in [1.82, 2.24) is 4.98 Å². The molecule has 2 rings (SSSR count). The molecule has 0 spiro atoms. The number of nitrogens with zero attached hydrogens (tertiary/aromatic N) is 1. The Morgan fingerprint density at radius 3 is 2.62 bits per heavy atom. The van der Waals surface area contributed by atoms with Crippen LogP contribution in [-0.2, 0) is 10.2 Å². The van der Waals surface area contributed by atoms with Crippen LogP contribution in [0.2, 0.25) is 5.02 Å². The van der Waals surface area contributed by atoms with Gasteiger partial charge in [0, 0.05) is 5.41 Å². The quantitative estimate of drug-likeness (QED) is 0.779. The maximum absolute atomic E-state index is 14.1. The molecule has 0 saturated carbocycles. The number of oxazole rings is 1. The van der Waals surface area contributed by atoms with Crippen LogP contribution >= 0.6 is 11.6 Å². The summed E-state index contributed by atoms with van der Waals surface area (Å²) >= 11 is 5.75. The minimum absolute atomic E-state index is 0.000301. The van der Waals surface area contributed by atoms with Crippen LogP contribution in [0.25, 0.3) is 11.5 Å². The second-order valence-electron chi connectivity index (χ2n) is 5.54. The highest BCUT2D eigenvalue weighted by Gasteiger charge is 2.30. The highest BCUT2D eigenvalue weighted by molar-refractivity contribution is 6.31. The van der Waals surface area contributed by atoms with E-state index in [4.69, 9.17) is 16.0 Å². The molecule has 0 radical (unpaired) electrons. The minimum Gasteiger partial charge on any atom is -0.463 e. The number of hydrogen-bond donors (Lipinski definition) is 0. The van der Waals surface area contributed by atoms with Crippen molar-refractivity contribution in [2.45, 2.75) is 26.2 Å². The molecule has 21 heavy (non-hydrogen) atoms. The van der Waals surface area contributed by atoms with Crippen molar-refractivity contribution in [2.75, 3.05) is 7.11 Å². The molecule has 2 aromatic rings. The summed E-state index contributed by atoms with van der Waals surface area (Å²) in [6, 6.07) is 4.50. The molecule has 6 heteroatoms. The van der Waals surface area contributed by atoms with E-state index in [0.717, 1.165) is 0 Å². The van der Waals surface area contributed by atoms with Gasteiger partial charge >= 0.3 is 5.97 Å². The standard InChI is InChI=1S/C15H15ClFNO3/c1-15(2,3)12-11(14(19)20-4)21-13(18-12)8-6-5-7-9(16)10(8)17/h5-7H,1-4H3. The first-order valence-corrected chi connectivity index (χ1v) is 6.67. The average molecular weight is 312 g/mol. The number of aromatic nitrogens is 1. The highest BCUT2D eigenvalue weighted by Crippen LogP contribution is 2.33. The molecule has 0 N–H and O–H groups in total. The summed E-state index contributed by atoms with van der Waals surface area (Å²) in [5.74, 6) is -1.32. The molecule has 0 atom stereocenters. The Balaban J connectivity index is 2.64. The van der Waals surface area contributed by atoms with E-state index in [1.54, 1.807) is 6.07 Å². The maximum atomic E-state index is 14.1. The number of ether oxygens (including phenoxy) is 1. The van der Waals surface area contributed by atoms with Gasteiger partial charge in [0.15, 0.2) is 5.82 Å². The lowest BCUT2D eigenvalue weighted by atomic mass is 9.91. The Bertz CT molecular complexity index is 689. The van der Waals surface area contributed by atoms with E-state index in [-0.39, 0.29) is 22.2 Å². The number of carbonyl (C=O) groups is 1. The smallest absolute Gasteiger partial charge is 0.376 e. The Kier molecular flexibility index (Phi) is 4.05. The Morgan fingerprint density at radius 2 is 2.05 bits per heavy atom. The largest absolute Gasteiger partial charge is 0.463 e. The van der Waals surface area contributed by atoms with Gasteiger partial charge in [0.1, 0.15) is 5.69 Å². The first-order valence-electron chi connectivity index (χ1n) is 6.29. The Labute approximate surface area is 126 Å². The third-order valence-corrected chi connectivity index (χ3v) is 3.18. The summed E-state index contributed by atoms with van der Waals surface area (Å²) in [5.41, 5.74) is 0.0484. The molecule has 0 aliphatic carbocycles.